The van der Waals surface area contributed by atoms with Crippen molar-refractivity contribution >= 4 is 19.0 Å². The Morgan fingerprint density at radius 3 is 2.37 bits per heavy atom. The van der Waals surface area contributed by atoms with Crippen molar-refractivity contribution in [3.05, 3.63) is 39.9 Å². The predicted molar refractivity (Wildman–Crippen MR) is 69.9 cm³/mol. The summed E-state index contributed by atoms with van der Waals surface area (Å²) in [5.74, 6) is -0.156. The van der Waals surface area contributed by atoms with Crippen LogP contribution in [0.15, 0.2) is 24.3 Å². The maximum atomic E-state index is 11.5. The Balaban J connectivity index is 2.99. The summed E-state index contributed by atoms with van der Waals surface area (Å²) in [6.07, 6.45) is -0.758. The van der Waals surface area contributed by atoms with Crippen LogP contribution in [0.1, 0.15) is 25.0 Å². The van der Waals surface area contributed by atoms with Gasteiger partial charge in [-0.2, -0.15) is 0 Å². The van der Waals surface area contributed by atoms with Gasteiger partial charge in [-0.05, 0) is 24.6 Å². The maximum Gasteiger partial charge on any atom is 0.269 e. The minimum absolute atomic E-state index is 0.00679. The summed E-state index contributed by atoms with van der Waals surface area (Å²) >= 11 is 0. The number of hydrogen-bond donors (Lipinski definition) is 1. The molecule has 2 N–H and O–H groups in total. The van der Waals surface area contributed by atoms with Crippen LogP contribution < -0.4 is 5.50 Å². The molecule has 8 heteroatoms. The van der Waals surface area contributed by atoms with Gasteiger partial charge in [0.25, 0.3) is 13.2 Å². The van der Waals surface area contributed by atoms with E-state index in [0.29, 0.717) is 5.56 Å². The third-order valence-electron chi connectivity index (χ3n) is 2.29. The van der Waals surface area contributed by atoms with Crippen molar-refractivity contribution in [3.8, 4) is 0 Å². The van der Waals surface area contributed by atoms with Gasteiger partial charge in [0.05, 0.1) is 11.0 Å². The van der Waals surface area contributed by atoms with Crippen molar-refractivity contribution in [1.29, 1.82) is 0 Å². The molecule has 0 saturated carbocycles. The second-order valence-corrected chi connectivity index (χ2v) is 6.29. The van der Waals surface area contributed by atoms with Gasteiger partial charge < -0.3 is 4.52 Å². The number of nitrogens with zero attached hydrogens (tertiary/aromatic N) is 1. The first kappa shape index (κ1) is 15.5. The molecule has 0 saturated heterocycles. The molecule has 0 aliphatic heterocycles. The first-order chi connectivity index (χ1) is 8.69. The van der Waals surface area contributed by atoms with Gasteiger partial charge in [-0.25, -0.2) is 0 Å². The lowest BCUT2D eigenvalue weighted by atomic mass is 10.0. The van der Waals surface area contributed by atoms with E-state index in [1.165, 1.54) is 37.9 Å². The highest BCUT2D eigenvalue weighted by Crippen LogP contribution is 2.41. The number of non-ortho nitro benzene ring substituents is 1. The van der Waals surface area contributed by atoms with Crippen LogP contribution in [0.5, 0.6) is 0 Å². The number of ketones is 1. The van der Waals surface area contributed by atoms with Gasteiger partial charge in [0.1, 0.15) is 5.78 Å². The number of nitro groups is 1. The predicted octanol–water partition coefficient (Wildman–Crippen LogP) is 2.41. The van der Waals surface area contributed by atoms with Crippen LogP contribution >= 0.6 is 7.52 Å². The molecule has 0 aliphatic carbocycles. The fraction of sp³-hybridized carbons (Fsp3) is 0.364. The molecule has 19 heavy (non-hydrogen) atoms. The highest BCUT2D eigenvalue weighted by Gasteiger charge is 2.22. The van der Waals surface area contributed by atoms with Crippen LogP contribution in [0.2, 0.25) is 0 Å². The zero-order chi connectivity index (χ0) is 14.6. The van der Waals surface area contributed by atoms with E-state index in [4.69, 9.17) is 10.0 Å². The molecular formula is C11H15N2O5P. The lowest BCUT2D eigenvalue weighted by Gasteiger charge is -2.19. The third-order valence-corrected chi connectivity index (χ3v) is 2.96. The molecule has 1 aromatic carbocycles. The molecule has 0 radical (unpaired) electrons. The fourth-order valence-corrected chi connectivity index (χ4v) is 2.24. The monoisotopic (exact) mass is 286 g/mol. The first-order valence-corrected chi connectivity index (χ1v) is 7.61. The van der Waals surface area contributed by atoms with Crippen LogP contribution in [0.4, 0.5) is 5.69 Å². The summed E-state index contributed by atoms with van der Waals surface area (Å²) in [5, 5.41) is 10.5. The SMILES string of the molecule is CC(=O)CC(OP(C)(N)=O)c1ccc([N+](=O)[O-])cc1. The molecule has 2 unspecified atom stereocenters. The molecular weight excluding hydrogens is 271 g/mol. The summed E-state index contributed by atoms with van der Waals surface area (Å²) in [5.41, 5.74) is 5.79. The Morgan fingerprint density at radius 2 is 2.00 bits per heavy atom. The normalized spacial score (nSPS) is 15.5. The lowest BCUT2D eigenvalue weighted by molar-refractivity contribution is -0.384. The molecule has 0 bridgehead atoms. The maximum absolute atomic E-state index is 11.5. The minimum Gasteiger partial charge on any atom is -0.309 e. The van der Waals surface area contributed by atoms with Crippen molar-refractivity contribution in [2.75, 3.05) is 6.66 Å². The number of Topliss-reactive ketones (excluding diaryl/α,β-unsaturated/α-hetero) is 1. The topological polar surface area (TPSA) is 113 Å². The molecule has 1 rings (SSSR count). The quantitative estimate of drug-likeness (QED) is 0.488. The van der Waals surface area contributed by atoms with Crippen molar-refractivity contribution in [2.24, 2.45) is 5.50 Å². The van der Waals surface area contributed by atoms with Crippen molar-refractivity contribution in [3.63, 3.8) is 0 Å². The number of carbonyl (C=O) groups is 1. The van der Waals surface area contributed by atoms with Crippen LogP contribution in [0.25, 0.3) is 0 Å². The standard InChI is InChI=1S/C11H15N2O5P/c1-8(14)7-11(18-19(2,12)17)9-3-5-10(6-4-9)13(15)16/h3-6,11H,7H2,1-2H3,(H2,12,17). The zero-order valence-electron chi connectivity index (χ0n) is 10.6. The van der Waals surface area contributed by atoms with Crippen LogP contribution in [0.3, 0.4) is 0 Å². The van der Waals surface area contributed by atoms with Gasteiger partial charge in [0, 0.05) is 25.2 Å². The zero-order valence-corrected chi connectivity index (χ0v) is 11.5. The highest BCUT2D eigenvalue weighted by molar-refractivity contribution is 7.55. The molecule has 0 spiro atoms. The second kappa shape index (κ2) is 6.06. The summed E-state index contributed by atoms with van der Waals surface area (Å²) in [6.45, 7) is 2.62. The Hall–Kier alpha value is -1.56. The van der Waals surface area contributed by atoms with Crippen LogP contribution in [-0.4, -0.2) is 17.4 Å². The van der Waals surface area contributed by atoms with Crippen molar-refractivity contribution in [1.82, 2.24) is 0 Å². The summed E-state index contributed by atoms with van der Waals surface area (Å²) in [7, 11) is -3.26. The Labute approximate surface area is 110 Å². The smallest absolute Gasteiger partial charge is 0.269 e. The van der Waals surface area contributed by atoms with Crippen molar-refractivity contribution < 1.29 is 18.8 Å². The largest absolute Gasteiger partial charge is 0.309 e. The van der Waals surface area contributed by atoms with E-state index in [0.717, 1.165) is 0 Å². The summed E-state index contributed by atoms with van der Waals surface area (Å²) in [6, 6.07) is 5.51. The molecule has 0 aromatic heterocycles. The molecule has 1 aromatic rings. The molecule has 0 heterocycles. The van der Waals surface area contributed by atoms with Gasteiger partial charge >= 0.3 is 0 Å². The van der Waals surface area contributed by atoms with E-state index in [9.17, 15) is 19.5 Å². The minimum atomic E-state index is -3.26. The second-order valence-electron chi connectivity index (χ2n) is 4.26. The Morgan fingerprint density at radius 1 is 1.47 bits per heavy atom. The molecule has 7 nitrogen and oxygen atoms in total. The van der Waals surface area contributed by atoms with Gasteiger partial charge in [-0.15, -0.1) is 0 Å². The van der Waals surface area contributed by atoms with E-state index in [-0.39, 0.29) is 17.9 Å². The van der Waals surface area contributed by atoms with E-state index >= 15 is 0 Å². The van der Waals surface area contributed by atoms with Crippen molar-refractivity contribution in [2.45, 2.75) is 19.4 Å². The van der Waals surface area contributed by atoms with E-state index < -0.39 is 18.5 Å². The lowest BCUT2D eigenvalue weighted by Crippen LogP contribution is -2.10. The van der Waals surface area contributed by atoms with Gasteiger partial charge in [-0.1, -0.05) is 0 Å². The summed E-state index contributed by atoms with van der Waals surface area (Å²) < 4.78 is 16.7. The van der Waals surface area contributed by atoms with Crippen LogP contribution in [0, 0.1) is 10.1 Å². The first-order valence-electron chi connectivity index (χ1n) is 5.47. The van der Waals surface area contributed by atoms with E-state index in [2.05, 4.69) is 0 Å². The third kappa shape index (κ3) is 5.30. The van der Waals surface area contributed by atoms with Gasteiger partial charge in [0.15, 0.2) is 0 Å². The summed E-state index contributed by atoms with van der Waals surface area (Å²) in [4.78, 5) is 21.2. The molecule has 0 fully saturated rings. The average Bonchev–Trinajstić information content (AvgIpc) is 2.25. The molecule has 104 valence electrons. The Bertz CT molecular complexity index is 522. The Kier molecular flexibility index (Phi) is 4.94. The van der Waals surface area contributed by atoms with Crippen LogP contribution in [-0.2, 0) is 13.9 Å². The molecule has 0 amide bonds. The number of nitrogens with two attached hydrogens (primary N) is 1. The van der Waals surface area contributed by atoms with E-state index in [1.807, 2.05) is 0 Å². The number of carbonyl (C=O) groups excluding carboxylic acids is 1. The fourth-order valence-electron chi connectivity index (χ4n) is 1.54. The number of hydrogen-bond acceptors (Lipinski definition) is 5. The number of rotatable bonds is 6. The highest BCUT2D eigenvalue weighted by atomic mass is 31.2. The number of nitro benzene ring substituents is 1. The van der Waals surface area contributed by atoms with Gasteiger partial charge in [-0.3, -0.25) is 25.0 Å². The van der Waals surface area contributed by atoms with Gasteiger partial charge in [0.2, 0.25) is 0 Å². The molecule has 2 atom stereocenters. The molecule has 0 aliphatic rings. The average molecular weight is 286 g/mol. The van der Waals surface area contributed by atoms with E-state index in [1.54, 1.807) is 0 Å². The number of benzene rings is 1.